The first-order valence-corrected chi connectivity index (χ1v) is 8.63. The molecular weight excluding hydrogens is 365 g/mol. The molecule has 2 aromatic rings. The van der Waals surface area contributed by atoms with Crippen LogP contribution < -0.4 is 5.32 Å². The molecule has 1 aromatic heterocycles. The minimum Gasteiger partial charge on any atom is -0.346 e. The van der Waals surface area contributed by atoms with E-state index in [1.807, 2.05) is 0 Å². The van der Waals surface area contributed by atoms with Crippen LogP contribution in [0, 0.1) is 0 Å². The third-order valence-corrected chi connectivity index (χ3v) is 3.90. The highest BCUT2D eigenvalue weighted by atomic mass is 19.4. The van der Waals surface area contributed by atoms with E-state index in [9.17, 15) is 22.0 Å². The molecule has 0 saturated carbocycles. The van der Waals surface area contributed by atoms with Crippen molar-refractivity contribution in [1.82, 2.24) is 9.78 Å². The number of unbranched alkanes of at least 4 members (excludes halogenated alkanes) is 1. The highest BCUT2D eigenvalue weighted by molar-refractivity contribution is 5.36. The lowest BCUT2D eigenvalue weighted by Crippen LogP contribution is -2.09. The maximum atomic E-state index is 12.9. The number of allylic oxidation sites excluding steroid dienone is 1. The van der Waals surface area contributed by atoms with Gasteiger partial charge in [-0.2, -0.15) is 18.3 Å². The summed E-state index contributed by atoms with van der Waals surface area (Å²) in [5.41, 5.74) is -0.446. The number of aryl methyl sites for hydroxylation is 1. The zero-order valence-corrected chi connectivity index (χ0v) is 14.9. The van der Waals surface area contributed by atoms with E-state index in [2.05, 4.69) is 10.4 Å². The van der Waals surface area contributed by atoms with Gasteiger partial charge in [0.25, 0.3) is 0 Å². The zero-order chi connectivity index (χ0) is 19.9. The van der Waals surface area contributed by atoms with Crippen molar-refractivity contribution in [3.8, 4) is 0 Å². The van der Waals surface area contributed by atoms with Gasteiger partial charge in [0.2, 0.25) is 5.92 Å². The van der Waals surface area contributed by atoms with Crippen molar-refractivity contribution < 1.29 is 22.0 Å². The lowest BCUT2D eigenvalue weighted by molar-refractivity contribution is -0.138. The lowest BCUT2D eigenvalue weighted by Gasteiger charge is -2.10. The van der Waals surface area contributed by atoms with Crippen LogP contribution in [0.25, 0.3) is 0 Å². The standard InChI is InChI=1S/C19H22F5N3/c1-18(20,21)11-4-5-13-27-14-10-17(26-27)25-12-6-8-15-7-2-3-9-16(15)19(22,23)24/h2-3,6-7,9-10,12,14H,4-5,8,11,13H2,1H3,(H,25,26)/b12-6+. The van der Waals surface area contributed by atoms with Crippen LogP contribution >= 0.6 is 0 Å². The second-order valence-corrected chi connectivity index (χ2v) is 6.40. The molecule has 0 bridgehead atoms. The van der Waals surface area contributed by atoms with Gasteiger partial charge in [0.15, 0.2) is 5.82 Å². The molecule has 0 saturated heterocycles. The van der Waals surface area contributed by atoms with E-state index in [-0.39, 0.29) is 18.4 Å². The van der Waals surface area contributed by atoms with Gasteiger partial charge in [0.1, 0.15) is 0 Å². The summed E-state index contributed by atoms with van der Waals surface area (Å²) in [7, 11) is 0. The number of halogens is 5. The fourth-order valence-electron chi connectivity index (χ4n) is 2.58. The zero-order valence-electron chi connectivity index (χ0n) is 14.9. The van der Waals surface area contributed by atoms with E-state index in [1.165, 1.54) is 18.3 Å². The Balaban J connectivity index is 1.80. The number of hydrogen-bond donors (Lipinski definition) is 1. The molecule has 0 unspecified atom stereocenters. The maximum absolute atomic E-state index is 12.9. The van der Waals surface area contributed by atoms with Crippen molar-refractivity contribution in [2.45, 2.75) is 51.3 Å². The monoisotopic (exact) mass is 387 g/mol. The third-order valence-electron chi connectivity index (χ3n) is 3.90. The van der Waals surface area contributed by atoms with Gasteiger partial charge >= 0.3 is 6.18 Å². The number of nitrogens with one attached hydrogen (secondary N) is 1. The Morgan fingerprint density at radius 2 is 1.81 bits per heavy atom. The SMILES string of the molecule is CC(F)(F)CCCCn1ccc(N/C=C/Cc2ccccc2C(F)(F)F)n1. The van der Waals surface area contributed by atoms with Crippen LogP contribution in [0.3, 0.4) is 0 Å². The van der Waals surface area contributed by atoms with Crippen LogP contribution in [-0.2, 0) is 19.1 Å². The van der Waals surface area contributed by atoms with E-state index in [4.69, 9.17) is 0 Å². The lowest BCUT2D eigenvalue weighted by atomic mass is 10.0. The first-order valence-electron chi connectivity index (χ1n) is 8.63. The molecular formula is C19H22F5N3. The maximum Gasteiger partial charge on any atom is 0.416 e. The Morgan fingerprint density at radius 1 is 1.07 bits per heavy atom. The summed E-state index contributed by atoms with van der Waals surface area (Å²) in [5.74, 6) is -2.11. The molecule has 0 atom stereocenters. The van der Waals surface area contributed by atoms with E-state index >= 15 is 0 Å². The molecule has 0 radical (unpaired) electrons. The summed E-state index contributed by atoms with van der Waals surface area (Å²) in [6.45, 7) is 1.43. The number of rotatable bonds is 9. The summed E-state index contributed by atoms with van der Waals surface area (Å²) < 4.78 is 65.9. The first kappa shape index (κ1) is 20.9. The fourth-order valence-corrected chi connectivity index (χ4v) is 2.58. The van der Waals surface area contributed by atoms with Crippen molar-refractivity contribution in [3.63, 3.8) is 0 Å². The Labute approximate surface area is 154 Å². The Kier molecular flexibility index (Phi) is 6.98. The smallest absolute Gasteiger partial charge is 0.346 e. The molecule has 3 nitrogen and oxygen atoms in total. The van der Waals surface area contributed by atoms with Crippen molar-refractivity contribution >= 4 is 5.82 Å². The van der Waals surface area contributed by atoms with Crippen LogP contribution in [0.5, 0.6) is 0 Å². The normalized spacial score (nSPS) is 12.7. The van der Waals surface area contributed by atoms with E-state index < -0.39 is 17.7 Å². The van der Waals surface area contributed by atoms with E-state index in [0.717, 1.165) is 13.0 Å². The molecule has 0 fully saturated rings. The number of anilines is 1. The molecule has 2 rings (SSSR count). The van der Waals surface area contributed by atoms with Gasteiger partial charge < -0.3 is 5.32 Å². The van der Waals surface area contributed by atoms with Crippen molar-refractivity contribution in [3.05, 3.63) is 59.9 Å². The predicted octanol–water partition coefficient (Wildman–Crippen LogP) is 5.90. The molecule has 0 aliphatic heterocycles. The number of benzene rings is 1. The van der Waals surface area contributed by atoms with Gasteiger partial charge in [0.05, 0.1) is 5.56 Å². The molecule has 0 aliphatic rings. The average Bonchev–Trinajstić information content (AvgIpc) is 3.02. The molecule has 27 heavy (non-hydrogen) atoms. The Morgan fingerprint density at radius 3 is 2.52 bits per heavy atom. The average molecular weight is 387 g/mol. The van der Waals surface area contributed by atoms with Crippen LogP contribution in [0.4, 0.5) is 27.8 Å². The predicted molar refractivity (Wildman–Crippen MR) is 94.6 cm³/mol. The minimum absolute atomic E-state index is 0.134. The van der Waals surface area contributed by atoms with Crippen LogP contribution in [0.1, 0.15) is 37.3 Å². The van der Waals surface area contributed by atoms with Gasteiger partial charge in [0, 0.05) is 25.2 Å². The van der Waals surface area contributed by atoms with Crippen molar-refractivity contribution in [1.29, 1.82) is 0 Å². The Bertz CT molecular complexity index is 744. The van der Waals surface area contributed by atoms with Crippen molar-refractivity contribution in [2.75, 3.05) is 5.32 Å². The first-order chi connectivity index (χ1) is 12.6. The summed E-state index contributed by atoms with van der Waals surface area (Å²) in [6, 6.07) is 7.15. The number of nitrogens with zero attached hydrogens (tertiary/aromatic N) is 2. The van der Waals surface area contributed by atoms with Gasteiger partial charge in [-0.3, -0.25) is 4.68 Å². The largest absolute Gasteiger partial charge is 0.416 e. The van der Waals surface area contributed by atoms with Crippen LogP contribution in [-0.4, -0.2) is 15.7 Å². The molecule has 0 aliphatic carbocycles. The topological polar surface area (TPSA) is 29.9 Å². The molecule has 0 spiro atoms. The summed E-state index contributed by atoms with van der Waals surface area (Å²) in [4.78, 5) is 0. The molecule has 0 amide bonds. The quantitative estimate of drug-likeness (QED) is 0.429. The van der Waals surface area contributed by atoms with Gasteiger partial charge in [-0.1, -0.05) is 24.3 Å². The second-order valence-electron chi connectivity index (χ2n) is 6.40. The van der Waals surface area contributed by atoms with E-state index in [1.54, 1.807) is 29.1 Å². The molecule has 148 valence electrons. The fraction of sp³-hybridized carbons (Fsp3) is 0.421. The number of alkyl halides is 5. The van der Waals surface area contributed by atoms with Crippen LogP contribution in [0.15, 0.2) is 48.8 Å². The summed E-state index contributed by atoms with van der Waals surface area (Å²) in [6.07, 6.45) is 1.46. The molecule has 1 heterocycles. The summed E-state index contributed by atoms with van der Waals surface area (Å²) >= 11 is 0. The number of aromatic nitrogens is 2. The highest BCUT2D eigenvalue weighted by Crippen LogP contribution is 2.32. The summed E-state index contributed by atoms with van der Waals surface area (Å²) in [5, 5.41) is 7.13. The minimum atomic E-state index is -4.38. The van der Waals surface area contributed by atoms with E-state index in [0.29, 0.717) is 25.2 Å². The molecule has 1 aromatic carbocycles. The highest BCUT2D eigenvalue weighted by Gasteiger charge is 2.32. The Hall–Kier alpha value is -2.38. The van der Waals surface area contributed by atoms with Gasteiger partial charge in [-0.15, -0.1) is 0 Å². The van der Waals surface area contributed by atoms with Crippen LogP contribution in [0.2, 0.25) is 0 Å². The van der Waals surface area contributed by atoms with Crippen molar-refractivity contribution in [2.24, 2.45) is 0 Å². The molecule has 1 N–H and O–H groups in total. The van der Waals surface area contributed by atoms with Gasteiger partial charge in [-0.05, 0) is 44.0 Å². The molecule has 8 heteroatoms. The van der Waals surface area contributed by atoms with Gasteiger partial charge in [-0.25, -0.2) is 8.78 Å². The number of hydrogen-bond acceptors (Lipinski definition) is 2. The second kappa shape index (κ2) is 9.01. The third kappa shape index (κ3) is 7.40.